The highest BCUT2D eigenvalue weighted by Gasteiger charge is 2.72. The lowest BCUT2D eigenvalue weighted by Gasteiger charge is -2.61. The molecule has 1 N–H and O–H groups in total. The van der Waals surface area contributed by atoms with E-state index in [0.29, 0.717) is 19.6 Å². The Morgan fingerprint density at radius 3 is 2.69 bits per heavy atom. The lowest BCUT2D eigenvalue weighted by Crippen LogP contribution is -2.64. The maximum absolute atomic E-state index is 13.5. The molecule has 4 aliphatic rings. The van der Waals surface area contributed by atoms with Gasteiger partial charge in [-0.05, 0) is 55.3 Å². The maximum atomic E-state index is 13.5. The predicted molar refractivity (Wildman–Crippen MR) is 95.2 cm³/mol. The normalized spacial score (nSPS) is 46.9. The summed E-state index contributed by atoms with van der Waals surface area (Å²) in [6.45, 7) is 5.28. The summed E-state index contributed by atoms with van der Waals surface area (Å²) in [5.74, 6) is -0.150. The Bertz CT molecular complexity index is 614. The van der Waals surface area contributed by atoms with Crippen LogP contribution in [0.15, 0.2) is 0 Å². The highest BCUT2D eigenvalue weighted by Crippen LogP contribution is 2.68. The van der Waals surface area contributed by atoms with Crippen LogP contribution in [0.4, 0.5) is 0 Å². The number of aliphatic hydroxyl groups is 1. The number of carbonyl (C=O) groups is 2. The molecule has 1 saturated heterocycles. The topological polar surface area (TPSA) is 72.8 Å². The smallest absolute Gasteiger partial charge is 0.319 e. The van der Waals surface area contributed by atoms with Gasteiger partial charge in [-0.3, -0.25) is 9.59 Å². The summed E-state index contributed by atoms with van der Waals surface area (Å²) >= 11 is 0. The fraction of sp³-hybridized carbons (Fsp3) is 0.905. The predicted octanol–water partition coefficient (Wildman–Crippen LogP) is 2.60. The third kappa shape index (κ3) is 2.16. The van der Waals surface area contributed by atoms with Crippen molar-refractivity contribution >= 4 is 11.8 Å². The molecule has 5 nitrogen and oxygen atoms in total. The van der Waals surface area contributed by atoms with E-state index in [1.807, 2.05) is 0 Å². The lowest BCUT2D eigenvalue weighted by atomic mass is 9.45. The molecule has 0 amide bonds. The highest BCUT2D eigenvalue weighted by atomic mass is 16.5. The number of cyclic esters (lactones) is 1. The average molecular weight is 364 g/mol. The molecule has 0 radical (unpaired) electrons. The van der Waals surface area contributed by atoms with Crippen LogP contribution >= 0.6 is 0 Å². The monoisotopic (exact) mass is 364 g/mol. The second kappa shape index (κ2) is 6.03. The molecule has 2 spiro atoms. The minimum atomic E-state index is -0.995. The van der Waals surface area contributed by atoms with Gasteiger partial charge in [-0.25, -0.2) is 0 Å². The van der Waals surface area contributed by atoms with Gasteiger partial charge in [0.25, 0.3) is 0 Å². The van der Waals surface area contributed by atoms with Crippen LogP contribution in [0.1, 0.15) is 52.4 Å². The Morgan fingerprint density at radius 2 is 2.00 bits per heavy atom. The van der Waals surface area contributed by atoms with Crippen molar-refractivity contribution in [1.82, 2.24) is 0 Å². The van der Waals surface area contributed by atoms with Crippen LogP contribution < -0.4 is 0 Å². The van der Waals surface area contributed by atoms with E-state index in [-0.39, 0.29) is 52.9 Å². The van der Waals surface area contributed by atoms with E-state index in [0.717, 1.165) is 32.1 Å². The molecule has 3 aliphatic carbocycles. The highest BCUT2D eigenvalue weighted by molar-refractivity contribution is 6.08. The van der Waals surface area contributed by atoms with E-state index in [2.05, 4.69) is 13.8 Å². The first-order chi connectivity index (χ1) is 12.3. The molecule has 4 rings (SSSR count). The van der Waals surface area contributed by atoms with Gasteiger partial charge < -0.3 is 14.6 Å². The molecule has 0 aromatic carbocycles. The summed E-state index contributed by atoms with van der Waals surface area (Å²) in [5.41, 5.74) is -1.28. The van der Waals surface area contributed by atoms with Crippen LogP contribution in [0.5, 0.6) is 0 Å². The first-order valence-electron chi connectivity index (χ1n) is 10.1. The quantitative estimate of drug-likeness (QED) is 0.616. The van der Waals surface area contributed by atoms with Gasteiger partial charge in [-0.1, -0.05) is 20.3 Å². The second-order valence-corrected chi connectivity index (χ2v) is 9.88. The molecule has 3 saturated carbocycles. The van der Waals surface area contributed by atoms with Crippen molar-refractivity contribution in [2.24, 2.45) is 39.9 Å². The molecule has 146 valence electrons. The Hall–Kier alpha value is -0.940. The van der Waals surface area contributed by atoms with Crippen LogP contribution in [0.25, 0.3) is 0 Å². The van der Waals surface area contributed by atoms with Crippen molar-refractivity contribution < 1.29 is 24.2 Å². The molecule has 0 unspecified atom stereocenters. The zero-order chi connectivity index (χ0) is 18.7. The van der Waals surface area contributed by atoms with Crippen molar-refractivity contribution in [2.45, 2.75) is 52.4 Å². The lowest BCUT2D eigenvalue weighted by molar-refractivity contribution is -0.216. The number of aliphatic hydroxyl groups excluding tert-OH is 1. The van der Waals surface area contributed by atoms with Gasteiger partial charge in [0.2, 0.25) is 0 Å². The number of ketones is 1. The fourth-order valence-electron chi connectivity index (χ4n) is 7.39. The number of fused-ring (bicyclic) bond motifs is 2. The maximum Gasteiger partial charge on any atom is 0.319 e. The third-order valence-corrected chi connectivity index (χ3v) is 8.51. The van der Waals surface area contributed by atoms with E-state index in [4.69, 9.17) is 9.47 Å². The Labute approximate surface area is 155 Å². The number of hydrogen-bond acceptors (Lipinski definition) is 5. The molecule has 4 fully saturated rings. The van der Waals surface area contributed by atoms with Gasteiger partial charge in [-0.15, -0.1) is 0 Å². The van der Waals surface area contributed by atoms with Gasteiger partial charge in [0.1, 0.15) is 5.41 Å². The summed E-state index contributed by atoms with van der Waals surface area (Å²) in [6.07, 6.45) is 5.54. The standard InChI is InChI=1S/C21H32O5/c1-19(2)7-4-8-20(16(19)10-22)12-26-18(24)21-9-13(5-6-15(20)21)14(11-25-3)17(21)23/h13-16,22H,4-12H2,1-3H3/t13-,14+,15+,16-,20-,21+/m1/s1. The molecule has 5 heteroatoms. The van der Waals surface area contributed by atoms with Crippen molar-refractivity contribution in [3.05, 3.63) is 0 Å². The zero-order valence-corrected chi connectivity index (χ0v) is 16.3. The summed E-state index contributed by atoms with van der Waals surface area (Å²) < 4.78 is 11.1. The molecular formula is C21H32O5. The number of methoxy groups -OCH3 is 1. The van der Waals surface area contributed by atoms with Crippen molar-refractivity contribution in [3.63, 3.8) is 0 Å². The summed E-state index contributed by atoms with van der Waals surface area (Å²) in [5, 5.41) is 10.3. The van der Waals surface area contributed by atoms with Gasteiger partial charge >= 0.3 is 5.97 Å². The Kier molecular flexibility index (Phi) is 4.27. The number of Topliss-reactive ketones (excluding diaryl/α,β-unsaturated/α-hetero) is 1. The minimum absolute atomic E-state index is 0.00131. The van der Waals surface area contributed by atoms with E-state index in [1.54, 1.807) is 7.11 Å². The fourth-order valence-corrected chi connectivity index (χ4v) is 7.39. The summed E-state index contributed by atoms with van der Waals surface area (Å²) in [7, 11) is 1.62. The first-order valence-corrected chi connectivity index (χ1v) is 10.1. The van der Waals surface area contributed by atoms with E-state index >= 15 is 0 Å². The van der Waals surface area contributed by atoms with E-state index < -0.39 is 5.41 Å². The van der Waals surface area contributed by atoms with Gasteiger partial charge in [0.05, 0.1) is 13.2 Å². The average Bonchev–Trinajstić information content (AvgIpc) is 2.80. The molecule has 1 heterocycles. The van der Waals surface area contributed by atoms with Gasteiger partial charge in [0.15, 0.2) is 5.78 Å². The number of esters is 1. The van der Waals surface area contributed by atoms with Crippen molar-refractivity contribution in [3.8, 4) is 0 Å². The molecule has 0 aromatic heterocycles. The minimum Gasteiger partial charge on any atom is -0.464 e. The van der Waals surface area contributed by atoms with Crippen LogP contribution in [0.2, 0.25) is 0 Å². The first kappa shape index (κ1) is 18.4. The van der Waals surface area contributed by atoms with Gasteiger partial charge in [-0.2, -0.15) is 0 Å². The van der Waals surface area contributed by atoms with Crippen LogP contribution in [-0.2, 0) is 19.1 Å². The largest absolute Gasteiger partial charge is 0.464 e. The van der Waals surface area contributed by atoms with Crippen LogP contribution in [0, 0.1) is 39.9 Å². The molecule has 0 aromatic rings. The van der Waals surface area contributed by atoms with E-state index in [9.17, 15) is 14.7 Å². The second-order valence-electron chi connectivity index (χ2n) is 9.88. The number of carbonyl (C=O) groups excluding carboxylic acids is 2. The molecule has 26 heavy (non-hydrogen) atoms. The molecule has 6 atom stereocenters. The summed E-state index contributed by atoms with van der Waals surface area (Å²) in [4.78, 5) is 26.5. The molecule has 2 bridgehead atoms. The van der Waals surface area contributed by atoms with Gasteiger partial charge in [0, 0.05) is 25.0 Å². The summed E-state index contributed by atoms with van der Waals surface area (Å²) in [6, 6.07) is 0. The van der Waals surface area contributed by atoms with Crippen LogP contribution in [0.3, 0.4) is 0 Å². The van der Waals surface area contributed by atoms with E-state index in [1.165, 1.54) is 0 Å². The van der Waals surface area contributed by atoms with Crippen molar-refractivity contribution in [2.75, 3.05) is 26.9 Å². The number of rotatable bonds is 3. The third-order valence-electron chi connectivity index (χ3n) is 8.51. The number of hydrogen-bond donors (Lipinski definition) is 1. The SMILES string of the molecule is COC[C@@H]1C(=O)[C@]23C[C@H]1CC[C@H]2[C@@]1(CCCC(C)(C)[C@H]1CO)COC3=O. The zero-order valence-electron chi connectivity index (χ0n) is 16.3. The molecule has 1 aliphatic heterocycles. The van der Waals surface area contributed by atoms with Crippen molar-refractivity contribution in [1.29, 1.82) is 0 Å². The number of ether oxygens (including phenoxy) is 2. The Balaban J connectivity index is 1.80. The Morgan fingerprint density at radius 1 is 1.23 bits per heavy atom. The van der Waals surface area contributed by atoms with Crippen LogP contribution in [-0.4, -0.2) is 43.8 Å². The molecular weight excluding hydrogens is 332 g/mol.